The lowest BCUT2D eigenvalue weighted by Gasteiger charge is -2.20. The average molecular weight is 331 g/mol. The van der Waals surface area contributed by atoms with Gasteiger partial charge in [0.2, 0.25) is 10.0 Å². The summed E-state index contributed by atoms with van der Waals surface area (Å²) in [6, 6.07) is 4.31. The molecule has 2 rings (SSSR count). The monoisotopic (exact) mass is 331 g/mol. The number of rotatable bonds is 4. The Labute approximate surface area is 127 Å². The number of sulfonamides is 1. The van der Waals surface area contributed by atoms with Crippen LogP contribution in [0.3, 0.4) is 0 Å². The first-order valence-electron chi connectivity index (χ1n) is 6.51. The van der Waals surface area contributed by atoms with Gasteiger partial charge in [-0.3, -0.25) is 10.1 Å². The molecule has 0 amide bonds. The summed E-state index contributed by atoms with van der Waals surface area (Å²) in [6.07, 6.45) is 0.753. The number of hydrogen-bond acceptors (Lipinski definition) is 6. The molecule has 0 radical (unpaired) electrons. The topological polar surface area (TPSA) is 92.6 Å². The van der Waals surface area contributed by atoms with Crippen molar-refractivity contribution in [1.29, 1.82) is 0 Å². The van der Waals surface area contributed by atoms with Gasteiger partial charge in [0.15, 0.2) is 4.90 Å². The fourth-order valence-corrected chi connectivity index (χ4v) is 4.88. The van der Waals surface area contributed by atoms with Gasteiger partial charge in [-0.25, -0.2) is 8.42 Å². The summed E-state index contributed by atoms with van der Waals surface area (Å²) in [4.78, 5) is 10.4. The van der Waals surface area contributed by atoms with E-state index in [1.165, 1.54) is 29.6 Å². The van der Waals surface area contributed by atoms with Crippen molar-refractivity contribution in [2.75, 3.05) is 37.0 Å². The van der Waals surface area contributed by atoms with Gasteiger partial charge in [0.1, 0.15) is 5.69 Å². The molecule has 1 aliphatic rings. The Kier molecular flexibility index (Phi) is 5.07. The van der Waals surface area contributed by atoms with Crippen LogP contribution in [-0.4, -0.2) is 49.3 Å². The molecule has 1 aromatic rings. The van der Waals surface area contributed by atoms with Crippen LogP contribution in [0.15, 0.2) is 23.1 Å². The number of nitro groups is 1. The molecule has 7 nitrogen and oxygen atoms in total. The number of benzene rings is 1. The lowest BCUT2D eigenvalue weighted by molar-refractivity contribution is -0.386. The van der Waals surface area contributed by atoms with Crippen molar-refractivity contribution in [3.05, 3.63) is 28.3 Å². The first-order valence-corrected chi connectivity index (χ1v) is 9.11. The first kappa shape index (κ1) is 16.1. The zero-order valence-electron chi connectivity index (χ0n) is 11.6. The quantitative estimate of drug-likeness (QED) is 0.667. The predicted octanol–water partition coefficient (Wildman–Crippen LogP) is 1.76. The van der Waals surface area contributed by atoms with E-state index in [0.29, 0.717) is 18.8 Å². The maximum atomic E-state index is 12.7. The lowest BCUT2D eigenvalue weighted by Crippen LogP contribution is -2.33. The van der Waals surface area contributed by atoms with Crippen molar-refractivity contribution >= 4 is 33.2 Å². The molecule has 0 aliphatic carbocycles. The van der Waals surface area contributed by atoms with Crippen LogP contribution in [0.25, 0.3) is 0 Å². The van der Waals surface area contributed by atoms with Gasteiger partial charge in [0, 0.05) is 25.9 Å². The number of thioether (sulfide) groups is 1. The summed E-state index contributed by atoms with van der Waals surface area (Å²) in [7, 11) is -2.33. The van der Waals surface area contributed by atoms with Crippen molar-refractivity contribution in [3.8, 4) is 0 Å². The summed E-state index contributed by atoms with van der Waals surface area (Å²) in [5.74, 6) is 1.61. The Morgan fingerprint density at radius 1 is 1.33 bits per heavy atom. The van der Waals surface area contributed by atoms with Crippen LogP contribution in [-0.2, 0) is 10.0 Å². The van der Waals surface area contributed by atoms with E-state index in [4.69, 9.17) is 0 Å². The number of nitrogens with zero attached hydrogens (tertiary/aromatic N) is 2. The third-order valence-corrected chi connectivity index (χ3v) is 6.23. The molecule has 1 fully saturated rings. The minimum Gasteiger partial charge on any atom is -0.383 e. The third kappa shape index (κ3) is 3.30. The smallest absolute Gasteiger partial charge is 0.312 e. The normalized spacial score (nSPS) is 17.2. The van der Waals surface area contributed by atoms with E-state index in [2.05, 4.69) is 5.32 Å². The van der Waals surface area contributed by atoms with Crippen LogP contribution in [0.2, 0.25) is 0 Å². The molecule has 0 spiro atoms. The molecule has 0 aromatic heterocycles. The van der Waals surface area contributed by atoms with E-state index >= 15 is 0 Å². The van der Waals surface area contributed by atoms with Crippen molar-refractivity contribution < 1.29 is 13.3 Å². The molecule has 9 heteroatoms. The molecule has 1 heterocycles. The highest BCUT2D eigenvalue weighted by Crippen LogP contribution is 2.33. The molecule has 1 N–H and O–H groups in total. The number of para-hydroxylation sites is 1. The first-order chi connectivity index (χ1) is 9.98. The molecule has 116 valence electrons. The molecule has 21 heavy (non-hydrogen) atoms. The van der Waals surface area contributed by atoms with Gasteiger partial charge in [0.25, 0.3) is 0 Å². The van der Waals surface area contributed by atoms with Crippen LogP contribution < -0.4 is 5.32 Å². The van der Waals surface area contributed by atoms with Gasteiger partial charge < -0.3 is 5.32 Å². The van der Waals surface area contributed by atoms with Gasteiger partial charge in [-0.1, -0.05) is 6.07 Å². The zero-order chi connectivity index (χ0) is 15.5. The maximum absolute atomic E-state index is 12.7. The number of nitro benzene ring substituents is 1. The minimum atomic E-state index is -3.86. The van der Waals surface area contributed by atoms with Crippen LogP contribution in [0, 0.1) is 10.1 Å². The third-order valence-electron chi connectivity index (χ3n) is 3.25. The highest BCUT2D eigenvalue weighted by molar-refractivity contribution is 7.99. The summed E-state index contributed by atoms with van der Waals surface area (Å²) >= 11 is 1.70. The fraction of sp³-hybridized carbons (Fsp3) is 0.500. The molecular formula is C12H17N3O4S2. The number of hydrogen-bond donors (Lipinski definition) is 1. The Morgan fingerprint density at radius 2 is 2.10 bits per heavy atom. The molecule has 1 saturated heterocycles. The second-order valence-electron chi connectivity index (χ2n) is 4.53. The van der Waals surface area contributed by atoms with Gasteiger partial charge in [0.05, 0.1) is 4.92 Å². The molecule has 1 aromatic carbocycles. The van der Waals surface area contributed by atoms with Gasteiger partial charge in [-0.05, 0) is 24.3 Å². The van der Waals surface area contributed by atoms with Crippen LogP contribution >= 0.6 is 11.8 Å². The lowest BCUT2D eigenvalue weighted by atomic mass is 10.3. The Balaban J connectivity index is 2.51. The van der Waals surface area contributed by atoms with Crippen molar-refractivity contribution in [2.24, 2.45) is 0 Å². The van der Waals surface area contributed by atoms with Crippen LogP contribution in [0.4, 0.5) is 11.4 Å². The largest absolute Gasteiger partial charge is 0.383 e. The van der Waals surface area contributed by atoms with E-state index in [9.17, 15) is 18.5 Å². The molecular weight excluding hydrogens is 314 g/mol. The predicted molar refractivity (Wildman–Crippen MR) is 83.3 cm³/mol. The standard InChI is InChI=1S/C12H17N3O4S2/c1-13-10-4-2-5-11(12(10)15(16)17)21(18,19)14-6-3-8-20-9-7-14/h2,4-5,13H,3,6-9H2,1H3. The van der Waals surface area contributed by atoms with Crippen LogP contribution in [0.1, 0.15) is 6.42 Å². The van der Waals surface area contributed by atoms with Gasteiger partial charge >= 0.3 is 5.69 Å². The van der Waals surface area contributed by atoms with Crippen LogP contribution in [0.5, 0.6) is 0 Å². The van der Waals surface area contributed by atoms with Gasteiger partial charge in [-0.2, -0.15) is 16.1 Å². The zero-order valence-corrected chi connectivity index (χ0v) is 13.2. The van der Waals surface area contributed by atoms with Crippen molar-refractivity contribution in [2.45, 2.75) is 11.3 Å². The van der Waals surface area contributed by atoms with E-state index in [0.717, 1.165) is 12.2 Å². The molecule has 1 aliphatic heterocycles. The Bertz CT molecular complexity index is 625. The minimum absolute atomic E-state index is 0.199. The summed E-state index contributed by atoms with van der Waals surface area (Å²) in [5.41, 5.74) is -0.192. The van der Waals surface area contributed by atoms with Crippen molar-refractivity contribution in [1.82, 2.24) is 4.31 Å². The summed E-state index contributed by atoms with van der Waals surface area (Å²) < 4.78 is 26.8. The summed E-state index contributed by atoms with van der Waals surface area (Å²) in [5, 5.41) is 14.0. The van der Waals surface area contributed by atoms with E-state index in [-0.39, 0.29) is 10.6 Å². The average Bonchev–Trinajstić information content (AvgIpc) is 2.75. The maximum Gasteiger partial charge on any atom is 0.312 e. The fourth-order valence-electron chi connectivity index (χ4n) is 2.22. The Morgan fingerprint density at radius 3 is 2.76 bits per heavy atom. The summed E-state index contributed by atoms with van der Waals surface area (Å²) in [6.45, 7) is 0.782. The molecule has 0 saturated carbocycles. The van der Waals surface area contributed by atoms with E-state index in [1.54, 1.807) is 11.8 Å². The van der Waals surface area contributed by atoms with Crippen molar-refractivity contribution in [3.63, 3.8) is 0 Å². The van der Waals surface area contributed by atoms with Gasteiger partial charge in [-0.15, -0.1) is 0 Å². The second-order valence-corrected chi connectivity index (χ2v) is 7.66. The molecule has 0 atom stereocenters. The second kappa shape index (κ2) is 6.63. The Hall–Kier alpha value is -1.32. The molecule has 0 unspecified atom stereocenters. The number of nitrogens with one attached hydrogen (secondary N) is 1. The van der Waals surface area contributed by atoms with E-state index in [1.807, 2.05) is 0 Å². The van der Waals surface area contributed by atoms with E-state index < -0.39 is 20.6 Å². The molecule has 0 bridgehead atoms. The SMILES string of the molecule is CNc1cccc(S(=O)(=O)N2CCCSCC2)c1[N+](=O)[O-]. The highest BCUT2D eigenvalue weighted by atomic mass is 32.2. The highest BCUT2D eigenvalue weighted by Gasteiger charge is 2.33. The number of anilines is 1.